The smallest absolute Gasteiger partial charge is 0.314 e. The van der Waals surface area contributed by atoms with Crippen molar-refractivity contribution in [3.63, 3.8) is 0 Å². The number of carbonyl (C=O) groups excluding carboxylic acids is 1. The van der Waals surface area contributed by atoms with Crippen molar-refractivity contribution in [3.8, 4) is 0 Å². The fourth-order valence-corrected chi connectivity index (χ4v) is 2.13. The van der Waals surface area contributed by atoms with E-state index in [1.54, 1.807) is 24.4 Å². The minimum absolute atomic E-state index is 0.287. The highest BCUT2D eigenvalue weighted by Gasteiger charge is 2.03. The number of nitrogens with one attached hydrogen (secondary N) is 2. The van der Waals surface area contributed by atoms with Gasteiger partial charge >= 0.3 is 6.03 Å². The lowest BCUT2D eigenvalue weighted by Gasteiger charge is -2.08. The Morgan fingerprint density at radius 2 is 1.86 bits per heavy atom. The Labute approximate surface area is 129 Å². The maximum Gasteiger partial charge on any atom is 0.323 e. The van der Waals surface area contributed by atoms with Gasteiger partial charge in [-0.05, 0) is 54.8 Å². The number of rotatable bonds is 3. The zero-order valence-corrected chi connectivity index (χ0v) is 12.7. The lowest BCUT2D eigenvalue weighted by molar-refractivity contribution is 0.255. The Morgan fingerprint density at radius 1 is 1.10 bits per heavy atom. The van der Waals surface area contributed by atoms with Crippen LogP contribution in [-0.2, 0) is 0 Å². The summed E-state index contributed by atoms with van der Waals surface area (Å²) >= 11 is 5.88. The number of urea groups is 1. The van der Waals surface area contributed by atoms with Crippen LogP contribution in [0.15, 0.2) is 48.7 Å². The number of anilines is 1. The molecule has 0 bridgehead atoms. The molecule has 4 heteroatoms. The molecule has 21 heavy (non-hydrogen) atoms. The quantitative estimate of drug-likeness (QED) is 0.844. The highest BCUT2D eigenvalue weighted by atomic mass is 35.5. The first-order valence-electron chi connectivity index (χ1n) is 6.62. The Hall–Kier alpha value is -2.26. The van der Waals surface area contributed by atoms with Gasteiger partial charge < -0.3 is 10.6 Å². The van der Waals surface area contributed by atoms with Crippen molar-refractivity contribution >= 4 is 29.4 Å². The van der Waals surface area contributed by atoms with Crippen LogP contribution in [0.1, 0.15) is 16.7 Å². The van der Waals surface area contributed by atoms with Crippen LogP contribution in [0.2, 0.25) is 5.02 Å². The van der Waals surface area contributed by atoms with Gasteiger partial charge in [-0.25, -0.2) is 4.79 Å². The molecule has 0 saturated carbocycles. The summed E-state index contributed by atoms with van der Waals surface area (Å²) in [4.78, 5) is 11.8. The van der Waals surface area contributed by atoms with Gasteiger partial charge in [0.25, 0.3) is 0 Å². The highest BCUT2D eigenvalue weighted by Crippen LogP contribution is 2.19. The molecular formula is C17H17ClN2O. The van der Waals surface area contributed by atoms with Crippen LogP contribution in [0.4, 0.5) is 10.5 Å². The zero-order valence-electron chi connectivity index (χ0n) is 12.0. The average molecular weight is 301 g/mol. The Bertz CT molecular complexity index is 680. The molecule has 0 aliphatic heterocycles. The van der Waals surface area contributed by atoms with E-state index >= 15 is 0 Å². The van der Waals surface area contributed by atoms with Crippen molar-refractivity contribution in [3.05, 3.63) is 70.4 Å². The number of amides is 2. The lowest BCUT2D eigenvalue weighted by Crippen LogP contribution is -2.24. The van der Waals surface area contributed by atoms with Gasteiger partial charge in [-0.15, -0.1) is 0 Å². The van der Waals surface area contributed by atoms with Crippen LogP contribution in [-0.4, -0.2) is 6.03 Å². The van der Waals surface area contributed by atoms with E-state index in [0.29, 0.717) is 5.02 Å². The lowest BCUT2D eigenvalue weighted by atomic mass is 10.1. The predicted molar refractivity (Wildman–Crippen MR) is 88.6 cm³/mol. The van der Waals surface area contributed by atoms with Gasteiger partial charge in [0.15, 0.2) is 0 Å². The third kappa shape index (κ3) is 4.36. The van der Waals surface area contributed by atoms with Crippen LogP contribution in [0, 0.1) is 13.8 Å². The second kappa shape index (κ2) is 6.95. The van der Waals surface area contributed by atoms with Gasteiger partial charge in [-0.2, -0.15) is 0 Å². The molecule has 0 atom stereocenters. The van der Waals surface area contributed by atoms with E-state index in [4.69, 9.17) is 11.6 Å². The van der Waals surface area contributed by atoms with Gasteiger partial charge in [0, 0.05) is 16.9 Å². The average Bonchev–Trinajstić information content (AvgIpc) is 2.44. The van der Waals surface area contributed by atoms with Crippen LogP contribution >= 0.6 is 11.6 Å². The van der Waals surface area contributed by atoms with Crippen molar-refractivity contribution in [1.82, 2.24) is 5.32 Å². The van der Waals surface area contributed by atoms with Crippen molar-refractivity contribution in [2.75, 3.05) is 5.32 Å². The van der Waals surface area contributed by atoms with E-state index in [9.17, 15) is 4.79 Å². The third-order valence-corrected chi connectivity index (χ3v) is 3.34. The van der Waals surface area contributed by atoms with E-state index in [1.807, 2.05) is 44.2 Å². The van der Waals surface area contributed by atoms with Crippen LogP contribution in [0.5, 0.6) is 0 Å². The maximum absolute atomic E-state index is 11.8. The third-order valence-electron chi connectivity index (χ3n) is 3.10. The fourth-order valence-electron chi connectivity index (χ4n) is 1.91. The molecule has 0 aromatic heterocycles. The van der Waals surface area contributed by atoms with Gasteiger partial charge in [-0.3, -0.25) is 0 Å². The number of carbonyl (C=O) groups is 1. The summed E-state index contributed by atoms with van der Waals surface area (Å²) in [5, 5.41) is 6.11. The van der Waals surface area contributed by atoms with E-state index in [1.165, 1.54) is 0 Å². The molecule has 0 saturated heterocycles. The predicted octanol–water partition coefficient (Wildman–Crippen LogP) is 4.75. The van der Waals surface area contributed by atoms with Crippen molar-refractivity contribution in [2.45, 2.75) is 13.8 Å². The standard InChI is InChI=1S/C17H17ClN2O/c1-12-5-3-4-6-14(12)9-10-19-17(21)20-16-8-7-15(18)11-13(16)2/h3-11H,1-2H3,(H2,19,20,21)/b10-9+. The van der Waals surface area contributed by atoms with Gasteiger partial charge in [0.05, 0.1) is 0 Å². The van der Waals surface area contributed by atoms with Crippen molar-refractivity contribution in [1.29, 1.82) is 0 Å². The first-order valence-corrected chi connectivity index (χ1v) is 7.00. The van der Waals surface area contributed by atoms with Crippen molar-refractivity contribution in [2.24, 2.45) is 0 Å². The van der Waals surface area contributed by atoms with Crippen molar-refractivity contribution < 1.29 is 4.79 Å². The summed E-state index contributed by atoms with van der Waals surface area (Å²) in [6.45, 7) is 3.92. The SMILES string of the molecule is Cc1ccccc1/C=C/NC(=O)Nc1ccc(Cl)cc1C. The van der Waals surface area contributed by atoms with Crippen LogP contribution in [0.25, 0.3) is 6.08 Å². The minimum atomic E-state index is -0.287. The summed E-state index contributed by atoms with van der Waals surface area (Å²) in [5.41, 5.74) is 3.88. The molecule has 0 fully saturated rings. The Morgan fingerprint density at radius 3 is 2.57 bits per heavy atom. The van der Waals surface area contributed by atoms with Gasteiger partial charge in [0.2, 0.25) is 0 Å². The molecule has 0 radical (unpaired) electrons. The zero-order chi connectivity index (χ0) is 15.2. The number of hydrogen-bond acceptors (Lipinski definition) is 1. The van der Waals surface area contributed by atoms with E-state index in [0.717, 1.165) is 22.4 Å². The molecule has 0 aliphatic carbocycles. The Balaban J connectivity index is 1.95. The second-order valence-corrected chi connectivity index (χ2v) is 5.18. The molecule has 3 nitrogen and oxygen atoms in total. The topological polar surface area (TPSA) is 41.1 Å². The maximum atomic E-state index is 11.8. The largest absolute Gasteiger partial charge is 0.323 e. The molecule has 0 aliphatic rings. The normalized spacial score (nSPS) is 10.6. The van der Waals surface area contributed by atoms with Crippen LogP contribution < -0.4 is 10.6 Å². The summed E-state index contributed by atoms with van der Waals surface area (Å²) in [5.74, 6) is 0. The molecule has 0 spiro atoms. The molecule has 0 unspecified atom stereocenters. The summed E-state index contributed by atoms with van der Waals surface area (Å²) in [6.07, 6.45) is 3.49. The number of halogens is 1. The first-order chi connectivity index (χ1) is 10.1. The number of hydrogen-bond donors (Lipinski definition) is 2. The highest BCUT2D eigenvalue weighted by molar-refractivity contribution is 6.30. The Kier molecular flexibility index (Phi) is 5.01. The molecule has 108 valence electrons. The van der Waals surface area contributed by atoms with E-state index < -0.39 is 0 Å². The second-order valence-electron chi connectivity index (χ2n) is 4.75. The summed E-state index contributed by atoms with van der Waals surface area (Å²) < 4.78 is 0. The molecule has 2 N–H and O–H groups in total. The fraction of sp³-hybridized carbons (Fsp3) is 0.118. The van der Waals surface area contributed by atoms with E-state index in [2.05, 4.69) is 10.6 Å². The minimum Gasteiger partial charge on any atom is -0.314 e. The monoisotopic (exact) mass is 300 g/mol. The molecule has 2 rings (SSSR count). The molecular weight excluding hydrogens is 284 g/mol. The van der Waals surface area contributed by atoms with E-state index in [-0.39, 0.29) is 6.03 Å². The van der Waals surface area contributed by atoms with Gasteiger partial charge in [-0.1, -0.05) is 35.9 Å². The molecule has 2 amide bonds. The number of benzene rings is 2. The first kappa shape index (κ1) is 15.1. The summed E-state index contributed by atoms with van der Waals surface area (Å²) in [7, 11) is 0. The molecule has 0 heterocycles. The number of aryl methyl sites for hydroxylation is 2. The molecule has 2 aromatic rings. The van der Waals surface area contributed by atoms with Gasteiger partial charge in [0.1, 0.15) is 0 Å². The molecule has 2 aromatic carbocycles. The van der Waals surface area contributed by atoms with Crippen LogP contribution in [0.3, 0.4) is 0 Å². The summed E-state index contributed by atoms with van der Waals surface area (Å²) in [6, 6.07) is 13.0.